The SMILES string of the molecule is C#Cc1c(F)ccc2cc(O)ccc12.Cl.Cl.Cl. The number of benzene rings is 2. The molecule has 5 heteroatoms. The molecule has 0 amide bonds. The predicted octanol–water partition coefficient (Wildman–Crippen LogP) is 3.93. The number of hydrogen-bond acceptors (Lipinski definition) is 1. The molecule has 1 N–H and O–H groups in total. The van der Waals surface area contributed by atoms with Crippen LogP contribution in [0.15, 0.2) is 30.3 Å². The van der Waals surface area contributed by atoms with Crippen LogP contribution >= 0.6 is 37.2 Å². The molecule has 0 aliphatic rings. The van der Waals surface area contributed by atoms with E-state index >= 15 is 0 Å². The molecule has 0 saturated heterocycles. The van der Waals surface area contributed by atoms with Gasteiger partial charge in [0.1, 0.15) is 11.6 Å². The van der Waals surface area contributed by atoms with Crippen LogP contribution in [0.2, 0.25) is 0 Å². The molecular weight excluding hydrogens is 285 g/mol. The van der Waals surface area contributed by atoms with Crippen molar-refractivity contribution >= 4 is 48.0 Å². The molecule has 0 heterocycles. The number of phenols is 1. The number of rotatable bonds is 0. The van der Waals surface area contributed by atoms with Crippen molar-refractivity contribution < 1.29 is 9.50 Å². The Hall–Kier alpha value is -1.14. The van der Waals surface area contributed by atoms with Crippen molar-refractivity contribution in [3.63, 3.8) is 0 Å². The Morgan fingerprint density at radius 2 is 1.71 bits per heavy atom. The van der Waals surface area contributed by atoms with Crippen LogP contribution in [0.25, 0.3) is 10.8 Å². The monoisotopic (exact) mass is 294 g/mol. The number of fused-ring (bicyclic) bond motifs is 1. The molecule has 0 atom stereocenters. The molecule has 17 heavy (non-hydrogen) atoms. The smallest absolute Gasteiger partial charge is 0.139 e. The fourth-order valence-electron chi connectivity index (χ4n) is 1.44. The second-order valence-electron chi connectivity index (χ2n) is 2.97. The van der Waals surface area contributed by atoms with Gasteiger partial charge >= 0.3 is 0 Å². The first-order chi connectivity index (χ1) is 6.72. The standard InChI is InChI=1S/C12H7FO.3ClH/c1-2-10-11-5-4-9(14)7-8(11)3-6-12(10)13;;;/h1,3-7,14H;3*1H. The summed E-state index contributed by atoms with van der Waals surface area (Å²) in [7, 11) is 0. The van der Waals surface area contributed by atoms with Gasteiger partial charge in [-0.25, -0.2) is 4.39 Å². The molecule has 2 rings (SSSR count). The number of terminal acetylenes is 1. The molecule has 0 aliphatic heterocycles. The lowest BCUT2D eigenvalue weighted by atomic mass is 10.0. The summed E-state index contributed by atoms with van der Waals surface area (Å²) in [6.45, 7) is 0. The van der Waals surface area contributed by atoms with Crippen LogP contribution in [-0.2, 0) is 0 Å². The lowest BCUT2D eigenvalue weighted by Crippen LogP contribution is -1.85. The van der Waals surface area contributed by atoms with E-state index in [-0.39, 0.29) is 48.5 Å². The number of aromatic hydroxyl groups is 1. The first-order valence-electron chi connectivity index (χ1n) is 4.10. The van der Waals surface area contributed by atoms with Gasteiger partial charge in [-0.15, -0.1) is 43.6 Å². The van der Waals surface area contributed by atoms with Crippen LogP contribution in [0, 0.1) is 18.2 Å². The van der Waals surface area contributed by atoms with Crippen LogP contribution in [-0.4, -0.2) is 5.11 Å². The van der Waals surface area contributed by atoms with Crippen molar-refractivity contribution in [1.82, 2.24) is 0 Å². The lowest BCUT2D eigenvalue weighted by Gasteiger charge is -2.02. The van der Waals surface area contributed by atoms with Crippen LogP contribution in [0.4, 0.5) is 4.39 Å². The van der Waals surface area contributed by atoms with Crippen molar-refractivity contribution in [1.29, 1.82) is 0 Å². The summed E-state index contributed by atoms with van der Waals surface area (Å²) in [6.07, 6.45) is 5.20. The molecule has 0 unspecified atom stereocenters. The second-order valence-corrected chi connectivity index (χ2v) is 2.97. The molecule has 0 saturated carbocycles. The van der Waals surface area contributed by atoms with E-state index in [1.807, 2.05) is 0 Å². The summed E-state index contributed by atoms with van der Waals surface area (Å²) in [5, 5.41) is 10.6. The molecule has 0 radical (unpaired) electrons. The maximum Gasteiger partial charge on any atom is 0.139 e. The predicted molar refractivity (Wildman–Crippen MR) is 75.2 cm³/mol. The molecule has 0 aliphatic carbocycles. The second kappa shape index (κ2) is 7.24. The Morgan fingerprint density at radius 1 is 1.06 bits per heavy atom. The summed E-state index contributed by atoms with van der Waals surface area (Å²) in [5.74, 6) is 2.04. The van der Waals surface area contributed by atoms with Gasteiger partial charge in [0, 0.05) is 5.39 Å². The fraction of sp³-hybridized carbons (Fsp3) is 0. The van der Waals surface area contributed by atoms with Gasteiger partial charge in [0.25, 0.3) is 0 Å². The van der Waals surface area contributed by atoms with E-state index < -0.39 is 5.82 Å². The van der Waals surface area contributed by atoms with Gasteiger partial charge in [-0.2, -0.15) is 0 Å². The van der Waals surface area contributed by atoms with Crippen LogP contribution in [0.3, 0.4) is 0 Å². The quantitative estimate of drug-likeness (QED) is 0.730. The molecule has 0 aromatic heterocycles. The topological polar surface area (TPSA) is 20.2 Å². The molecule has 92 valence electrons. The van der Waals surface area contributed by atoms with Crippen LogP contribution < -0.4 is 0 Å². The third kappa shape index (κ3) is 3.41. The highest BCUT2D eigenvalue weighted by Gasteiger charge is 2.04. The van der Waals surface area contributed by atoms with E-state index in [0.29, 0.717) is 5.39 Å². The van der Waals surface area contributed by atoms with Crippen LogP contribution in [0.1, 0.15) is 5.56 Å². The maximum atomic E-state index is 13.2. The Bertz CT molecular complexity index is 549. The normalized spacial score (nSPS) is 8.24. The number of halogens is 4. The van der Waals surface area contributed by atoms with E-state index in [0.717, 1.165) is 5.39 Å². The summed E-state index contributed by atoms with van der Waals surface area (Å²) >= 11 is 0. The van der Waals surface area contributed by atoms with Gasteiger partial charge in [0.05, 0.1) is 5.56 Å². The molecule has 1 nitrogen and oxygen atoms in total. The van der Waals surface area contributed by atoms with Gasteiger partial charge in [-0.05, 0) is 29.7 Å². The average molecular weight is 296 g/mol. The zero-order valence-electron chi connectivity index (χ0n) is 8.51. The molecule has 0 bridgehead atoms. The summed E-state index contributed by atoms with van der Waals surface area (Å²) in [4.78, 5) is 0. The highest BCUT2D eigenvalue weighted by atomic mass is 35.5. The van der Waals surface area contributed by atoms with Gasteiger partial charge in [0.15, 0.2) is 0 Å². The van der Waals surface area contributed by atoms with Crippen LogP contribution in [0.5, 0.6) is 5.75 Å². The number of phenolic OH excluding ortho intramolecular Hbond substituents is 1. The third-order valence-electron chi connectivity index (χ3n) is 2.10. The first kappa shape index (κ1) is 18.2. The average Bonchev–Trinajstić information content (AvgIpc) is 2.18. The molecule has 0 fully saturated rings. The minimum Gasteiger partial charge on any atom is -0.508 e. The minimum atomic E-state index is -0.411. The van der Waals surface area contributed by atoms with Crippen molar-refractivity contribution in [2.45, 2.75) is 0 Å². The largest absolute Gasteiger partial charge is 0.508 e. The van der Waals surface area contributed by atoms with Crippen molar-refractivity contribution in [2.75, 3.05) is 0 Å². The third-order valence-corrected chi connectivity index (χ3v) is 2.10. The summed E-state index contributed by atoms with van der Waals surface area (Å²) in [6, 6.07) is 7.54. The van der Waals surface area contributed by atoms with Gasteiger partial charge in [0.2, 0.25) is 0 Å². The zero-order chi connectivity index (χ0) is 10.1. The van der Waals surface area contributed by atoms with Gasteiger partial charge in [-0.1, -0.05) is 12.0 Å². The molecule has 0 spiro atoms. The Morgan fingerprint density at radius 3 is 2.29 bits per heavy atom. The van der Waals surface area contributed by atoms with Crippen molar-refractivity contribution in [3.05, 3.63) is 41.7 Å². The van der Waals surface area contributed by atoms with E-state index in [4.69, 9.17) is 6.42 Å². The van der Waals surface area contributed by atoms with Gasteiger partial charge < -0.3 is 5.11 Å². The molecular formula is C12H10Cl3FO. The fourth-order valence-corrected chi connectivity index (χ4v) is 1.44. The molecule has 2 aromatic rings. The lowest BCUT2D eigenvalue weighted by molar-refractivity contribution is 0.476. The van der Waals surface area contributed by atoms with E-state index in [1.165, 1.54) is 12.1 Å². The highest BCUT2D eigenvalue weighted by molar-refractivity contribution is 5.89. The highest BCUT2D eigenvalue weighted by Crippen LogP contribution is 2.24. The van der Waals surface area contributed by atoms with E-state index in [9.17, 15) is 9.50 Å². The number of hydrogen-bond donors (Lipinski definition) is 1. The first-order valence-corrected chi connectivity index (χ1v) is 4.10. The van der Waals surface area contributed by atoms with Crippen molar-refractivity contribution in [3.8, 4) is 18.1 Å². The molecule has 2 aromatic carbocycles. The van der Waals surface area contributed by atoms with E-state index in [1.54, 1.807) is 18.2 Å². The zero-order valence-corrected chi connectivity index (χ0v) is 11.0. The van der Waals surface area contributed by atoms with Crippen molar-refractivity contribution in [2.24, 2.45) is 0 Å². The maximum absolute atomic E-state index is 13.2. The summed E-state index contributed by atoms with van der Waals surface area (Å²) in [5.41, 5.74) is 0.238. The van der Waals surface area contributed by atoms with E-state index in [2.05, 4.69) is 5.92 Å². The minimum absolute atomic E-state index is 0. The van der Waals surface area contributed by atoms with Gasteiger partial charge in [-0.3, -0.25) is 0 Å². The Labute approximate surface area is 117 Å². The Kier molecular flexibility index (Phi) is 7.76. The summed E-state index contributed by atoms with van der Waals surface area (Å²) < 4.78 is 13.2. The Balaban J connectivity index is 0.